The van der Waals surface area contributed by atoms with Crippen LogP contribution in [0.15, 0.2) is 65.6 Å². The Balaban J connectivity index is 2.48. The summed E-state index contributed by atoms with van der Waals surface area (Å²) in [4.78, 5) is 12.7. The predicted octanol–water partition coefficient (Wildman–Crippen LogP) is 3.12. The topological polar surface area (TPSA) is 51.2 Å². The summed E-state index contributed by atoms with van der Waals surface area (Å²) in [7, 11) is -3.74. The van der Waals surface area contributed by atoms with Crippen LogP contribution in [0.5, 0.6) is 0 Å². The molecule has 2 aromatic carbocycles. The van der Waals surface area contributed by atoms with Crippen molar-refractivity contribution in [3.8, 4) is 0 Å². The number of hydrogen-bond donors (Lipinski definition) is 0. The van der Waals surface area contributed by atoms with E-state index in [0.717, 1.165) is 0 Å². The van der Waals surface area contributed by atoms with Gasteiger partial charge in [-0.1, -0.05) is 48.5 Å². The fourth-order valence-corrected chi connectivity index (χ4v) is 3.42. The molecule has 0 saturated carbocycles. The van der Waals surface area contributed by atoms with Gasteiger partial charge in [0, 0.05) is 5.56 Å². The number of hydrogen-bond acceptors (Lipinski definition) is 3. The maximum absolute atomic E-state index is 12.6. The number of carbonyl (C=O) groups is 1. The summed E-state index contributed by atoms with van der Waals surface area (Å²) in [6, 6.07) is 16.5. The molecule has 0 bridgehead atoms. The number of Topliss-reactive ketones (excluding diaryl/α,β-unsaturated/α-hetero) is 1. The van der Waals surface area contributed by atoms with Crippen LogP contribution in [0.4, 0.5) is 0 Å². The van der Waals surface area contributed by atoms with Crippen molar-refractivity contribution in [1.82, 2.24) is 0 Å². The van der Waals surface area contributed by atoms with Gasteiger partial charge < -0.3 is 0 Å². The van der Waals surface area contributed by atoms with Crippen molar-refractivity contribution in [2.75, 3.05) is 0 Å². The third-order valence-electron chi connectivity index (χ3n) is 3.31. The van der Waals surface area contributed by atoms with Gasteiger partial charge in [-0.3, -0.25) is 4.79 Å². The molecule has 3 nitrogen and oxygen atoms in total. The number of carbonyl (C=O) groups excluding carboxylic acids is 1. The van der Waals surface area contributed by atoms with Gasteiger partial charge in [0.2, 0.25) is 0 Å². The van der Waals surface area contributed by atoms with Crippen molar-refractivity contribution in [2.24, 2.45) is 0 Å². The quantitative estimate of drug-likeness (QED) is 0.812. The number of sulfone groups is 1. The molecule has 0 aliphatic carbocycles. The summed E-state index contributed by atoms with van der Waals surface area (Å²) in [5, 5.41) is 0. The first-order valence-electron chi connectivity index (χ1n) is 6.27. The van der Waals surface area contributed by atoms with Crippen LogP contribution >= 0.6 is 0 Å². The summed E-state index contributed by atoms with van der Waals surface area (Å²) in [6.45, 7) is 2.90. The number of ketones is 1. The summed E-state index contributed by atoms with van der Waals surface area (Å²) < 4.78 is 23.8. The minimum absolute atomic E-state index is 0.161. The summed E-state index contributed by atoms with van der Waals surface area (Å²) in [5.74, 6) is -0.401. The van der Waals surface area contributed by atoms with Gasteiger partial charge >= 0.3 is 0 Å². The summed E-state index contributed by atoms with van der Waals surface area (Å²) in [6.07, 6.45) is 0. The van der Waals surface area contributed by atoms with Crippen LogP contribution in [0.25, 0.3) is 0 Å². The van der Waals surface area contributed by atoms with Crippen LogP contribution in [0.1, 0.15) is 24.2 Å². The maximum Gasteiger partial charge on any atom is 0.190 e. The van der Waals surface area contributed by atoms with Crippen LogP contribution < -0.4 is 0 Å². The molecule has 20 heavy (non-hydrogen) atoms. The molecule has 0 fully saturated rings. The third-order valence-corrected chi connectivity index (χ3v) is 5.73. The highest BCUT2D eigenvalue weighted by atomic mass is 32.2. The van der Waals surface area contributed by atoms with Crippen molar-refractivity contribution >= 4 is 15.6 Å². The average Bonchev–Trinajstić information content (AvgIpc) is 2.48. The first-order valence-corrected chi connectivity index (χ1v) is 7.75. The zero-order valence-electron chi connectivity index (χ0n) is 11.4. The van der Waals surface area contributed by atoms with E-state index < -0.39 is 20.4 Å². The Morgan fingerprint density at radius 3 is 1.80 bits per heavy atom. The minimum atomic E-state index is -3.74. The van der Waals surface area contributed by atoms with Gasteiger partial charge in [-0.2, -0.15) is 0 Å². The molecule has 0 spiro atoms. The molecule has 0 aliphatic rings. The van der Waals surface area contributed by atoms with E-state index in [4.69, 9.17) is 0 Å². The van der Waals surface area contributed by atoms with E-state index in [1.807, 2.05) is 0 Å². The van der Waals surface area contributed by atoms with Crippen molar-refractivity contribution in [3.63, 3.8) is 0 Å². The SMILES string of the molecule is CC(C)(C(=O)c1ccccc1)S(=O)(=O)c1ccccc1. The maximum atomic E-state index is 12.6. The fourth-order valence-electron chi connectivity index (χ4n) is 1.95. The van der Waals surface area contributed by atoms with Gasteiger partial charge in [-0.05, 0) is 26.0 Å². The van der Waals surface area contributed by atoms with Gasteiger partial charge in [0.15, 0.2) is 15.6 Å². The summed E-state index contributed by atoms with van der Waals surface area (Å²) >= 11 is 0. The second-order valence-corrected chi connectivity index (χ2v) is 7.52. The van der Waals surface area contributed by atoms with E-state index in [1.165, 1.54) is 26.0 Å². The van der Waals surface area contributed by atoms with Crippen molar-refractivity contribution in [1.29, 1.82) is 0 Å². The second-order valence-electron chi connectivity index (χ2n) is 5.02. The molecular formula is C16H16O3S. The zero-order valence-corrected chi connectivity index (χ0v) is 12.2. The molecule has 0 aliphatic heterocycles. The first-order chi connectivity index (χ1) is 9.37. The lowest BCUT2D eigenvalue weighted by atomic mass is 10.0. The molecule has 0 saturated heterocycles. The molecule has 2 aromatic rings. The van der Waals surface area contributed by atoms with E-state index in [0.29, 0.717) is 5.56 Å². The molecule has 104 valence electrons. The second kappa shape index (κ2) is 5.21. The van der Waals surface area contributed by atoms with E-state index >= 15 is 0 Å². The highest BCUT2D eigenvalue weighted by Crippen LogP contribution is 2.28. The summed E-state index contributed by atoms with van der Waals surface area (Å²) in [5.41, 5.74) is 0.400. The minimum Gasteiger partial charge on any atom is -0.292 e. The van der Waals surface area contributed by atoms with E-state index in [2.05, 4.69) is 0 Å². The van der Waals surface area contributed by atoms with E-state index in [1.54, 1.807) is 48.5 Å². The molecule has 0 atom stereocenters. The molecule has 2 rings (SSSR count). The molecule has 0 radical (unpaired) electrons. The standard InChI is InChI=1S/C16H16O3S/c1-16(2,15(17)13-9-5-3-6-10-13)20(18,19)14-11-7-4-8-12-14/h3-12H,1-2H3. The normalized spacial score (nSPS) is 12.1. The molecular weight excluding hydrogens is 272 g/mol. The van der Waals surface area contributed by atoms with Crippen LogP contribution in [-0.4, -0.2) is 18.9 Å². The smallest absolute Gasteiger partial charge is 0.190 e. The van der Waals surface area contributed by atoms with Crippen molar-refractivity contribution < 1.29 is 13.2 Å². The third kappa shape index (κ3) is 2.39. The lowest BCUT2D eigenvalue weighted by molar-refractivity contribution is 0.0953. The Labute approximate surface area is 119 Å². The number of rotatable bonds is 4. The van der Waals surface area contributed by atoms with E-state index in [9.17, 15) is 13.2 Å². The molecule has 4 heteroatoms. The molecule has 0 N–H and O–H groups in total. The molecule has 0 unspecified atom stereocenters. The van der Waals surface area contributed by atoms with Gasteiger partial charge in [0.25, 0.3) is 0 Å². The molecule has 0 aromatic heterocycles. The highest BCUT2D eigenvalue weighted by Gasteiger charge is 2.42. The number of benzene rings is 2. The van der Waals surface area contributed by atoms with Crippen molar-refractivity contribution in [3.05, 3.63) is 66.2 Å². The van der Waals surface area contributed by atoms with Gasteiger partial charge in [0.05, 0.1) is 4.90 Å². The van der Waals surface area contributed by atoms with Crippen LogP contribution in [0.2, 0.25) is 0 Å². The molecule has 0 amide bonds. The lowest BCUT2D eigenvalue weighted by Crippen LogP contribution is -2.40. The monoisotopic (exact) mass is 288 g/mol. The molecule has 0 heterocycles. The Hall–Kier alpha value is -1.94. The first kappa shape index (κ1) is 14.5. The Bertz CT molecular complexity index is 702. The van der Waals surface area contributed by atoms with Gasteiger partial charge in [-0.25, -0.2) is 8.42 Å². The average molecular weight is 288 g/mol. The van der Waals surface area contributed by atoms with Crippen molar-refractivity contribution in [2.45, 2.75) is 23.5 Å². The van der Waals surface area contributed by atoms with Crippen LogP contribution in [0, 0.1) is 0 Å². The highest BCUT2D eigenvalue weighted by molar-refractivity contribution is 7.93. The van der Waals surface area contributed by atoms with Crippen LogP contribution in [0.3, 0.4) is 0 Å². The Morgan fingerprint density at radius 2 is 1.30 bits per heavy atom. The van der Waals surface area contributed by atoms with Crippen LogP contribution in [-0.2, 0) is 9.84 Å². The Morgan fingerprint density at radius 1 is 0.850 bits per heavy atom. The van der Waals surface area contributed by atoms with E-state index in [-0.39, 0.29) is 4.90 Å². The Kier molecular flexibility index (Phi) is 3.77. The zero-order chi connectivity index (χ0) is 14.8. The fraction of sp³-hybridized carbons (Fsp3) is 0.188. The predicted molar refractivity (Wildman–Crippen MR) is 78.5 cm³/mol. The largest absolute Gasteiger partial charge is 0.292 e. The van der Waals surface area contributed by atoms with Gasteiger partial charge in [0.1, 0.15) is 4.75 Å². The lowest BCUT2D eigenvalue weighted by Gasteiger charge is -2.23. The van der Waals surface area contributed by atoms with Gasteiger partial charge in [-0.15, -0.1) is 0 Å².